The van der Waals surface area contributed by atoms with Gasteiger partial charge in [0.25, 0.3) is 0 Å². The Labute approximate surface area is 97.7 Å². The van der Waals surface area contributed by atoms with Gasteiger partial charge in [0.2, 0.25) is 0 Å². The van der Waals surface area contributed by atoms with Gasteiger partial charge in [0.05, 0.1) is 5.60 Å². The molecule has 0 aromatic carbocycles. The Kier molecular flexibility index (Phi) is 2.58. The van der Waals surface area contributed by atoms with E-state index < -0.39 is 0 Å². The highest BCUT2D eigenvalue weighted by Gasteiger charge is 2.47. The van der Waals surface area contributed by atoms with Gasteiger partial charge < -0.3 is 4.74 Å². The van der Waals surface area contributed by atoms with Crippen LogP contribution in [0.1, 0.15) is 51.9 Å². The molecule has 90 valence electrons. The molecule has 0 bridgehead atoms. The first-order valence-electron chi connectivity index (χ1n) is 6.88. The summed E-state index contributed by atoms with van der Waals surface area (Å²) in [5.74, 6) is 1.94. The van der Waals surface area contributed by atoms with Crippen molar-refractivity contribution < 1.29 is 9.53 Å². The lowest BCUT2D eigenvalue weighted by Gasteiger charge is -2.37. The SMILES string of the molecule is CC1CC1C(=O)C1CCOC2(CCCC2)C1. The summed E-state index contributed by atoms with van der Waals surface area (Å²) in [5, 5.41) is 0. The topological polar surface area (TPSA) is 26.3 Å². The minimum atomic E-state index is 0.108. The van der Waals surface area contributed by atoms with E-state index in [-0.39, 0.29) is 5.60 Å². The number of ketones is 1. The normalized spacial score (nSPS) is 41.2. The summed E-state index contributed by atoms with van der Waals surface area (Å²) >= 11 is 0. The Morgan fingerprint density at radius 1 is 1.31 bits per heavy atom. The van der Waals surface area contributed by atoms with Gasteiger partial charge >= 0.3 is 0 Å². The van der Waals surface area contributed by atoms with E-state index in [1.807, 2.05) is 0 Å². The maximum absolute atomic E-state index is 12.3. The molecule has 3 aliphatic rings. The van der Waals surface area contributed by atoms with E-state index in [4.69, 9.17) is 4.74 Å². The van der Waals surface area contributed by atoms with Gasteiger partial charge in [-0.3, -0.25) is 4.79 Å². The molecule has 0 radical (unpaired) electrons. The summed E-state index contributed by atoms with van der Waals surface area (Å²) in [4.78, 5) is 12.3. The third-order valence-electron chi connectivity index (χ3n) is 4.89. The second-order valence-electron chi connectivity index (χ2n) is 6.15. The van der Waals surface area contributed by atoms with E-state index in [0.717, 1.165) is 25.9 Å². The average molecular weight is 222 g/mol. The summed E-state index contributed by atoms with van der Waals surface area (Å²) in [6.07, 6.45) is 8.11. The molecule has 1 spiro atoms. The van der Waals surface area contributed by atoms with Gasteiger partial charge in [0.1, 0.15) is 5.78 Å². The predicted octanol–water partition coefficient (Wildman–Crippen LogP) is 2.95. The van der Waals surface area contributed by atoms with Crippen molar-refractivity contribution in [3.8, 4) is 0 Å². The first-order valence-corrected chi connectivity index (χ1v) is 6.88. The molecule has 2 nitrogen and oxygen atoms in total. The summed E-state index contributed by atoms with van der Waals surface area (Å²) in [5.41, 5.74) is 0.108. The van der Waals surface area contributed by atoms with Crippen LogP contribution in [0.5, 0.6) is 0 Å². The molecule has 3 fully saturated rings. The molecule has 1 saturated heterocycles. The van der Waals surface area contributed by atoms with Crippen LogP contribution in [-0.4, -0.2) is 18.0 Å². The van der Waals surface area contributed by atoms with Crippen LogP contribution in [-0.2, 0) is 9.53 Å². The Hall–Kier alpha value is -0.370. The van der Waals surface area contributed by atoms with Crippen molar-refractivity contribution in [2.45, 2.75) is 57.5 Å². The third kappa shape index (κ3) is 1.81. The van der Waals surface area contributed by atoms with Crippen molar-refractivity contribution in [1.29, 1.82) is 0 Å². The van der Waals surface area contributed by atoms with Gasteiger partial charge in [-0.1, -0.05) is 19.8 Å². The molecule has 2 aliphatic carbocycles. The molecule has 1 heterocycles. The van der Waals surface area contributed by atoms with E-state index in [1.54, 1.807) is 0 Å². The number of hydrogen-bond acceptors (Lipinski definition) is 2. The maximum atomic E-state index is 12.3. The number of carbonyl (C=O) groups is 1. The summed E-state index contributed by atoms with van der Waals surface area (Å²) in [6, 6.07) is 0. The fourth-order valence-electron chi connectivity index (χ4n) is 3.66. The average Bonchev–Trinajstić information content (AvgIpc) is 2.85. The lowest BCUT2D eigenvalue weighted by molar-refractivity contribution is -0.137. The van der Waals surface area contributed by atoms with Crippen LogP contribution in [0.4, 0.5) is 0 Å². The molecule has 3 rings (SSSR count). The molecule has 3 unspecified atom stereocenters. The van der Waals surface area contributed by atoms with Gasteiger partial charge in [-0.25, -0.2) is 0 Å². The zero-order valence-corrected chi connectivity index (χ0v) is 10.2. The molecular formula is C14H22O2. The minimum Gasteiger partial charge on any atom is -0.375 e. The highest BCUT2D eigenvalue weighted by atomic mass is 16.5. The van der Waals surface area contributed by atoms with Gasteiger partial charge in [0.15, 0.2) is 0 Å². The zero-order valence-electron chi connectivity index (χ0n) is 10.2. The number of Topliss-reactive ketones (excluding diaryl/α,β-unsaturated/α-hetero) is 1. The van der Waals surface area contributed by atoms with Crippen LogP contribution in [0.25, 0.3) is 0 Å². The Morgan fingerprint density at radius 3 is 2.62 bits per heavy atom. The van der Waals surface area contributed by atoms with Crippen molar-refractivity contribution in [2.75, 3.05) is 6.61 Å². The number of rotatable bonds is 2. The van der Waals surface area contributed by atoms with Gasteiger partial charge in [-0.15, -0.1) is 0 Å². The third-order valence-corrected chi connectivity index (χ3v) is 4.89. The zero-order chi connectivity index (χ0) is 11.2. The van der Waals surface area contributed by atoms with Crippen LogP contribution < -0.4 is 0 Å². The number of hydrogen-bond donors (Lipinski definition) is 0. The van der Waals surface area contributed by atoms with Crippen molar-refractivity contribution in [3.63, 3.8) is 0 Å². The summed E-state index contributed by atoms with van der Waals surface area (Å²) in [6.45, 7) is 3.02. The van der Waals surface area contributed by atoms with Crippen molar-refractivity contribution >= 4 is 5.78 Å². The first-order chi connectivity index (χ1) is 7.70. The van der Waals surface area contributed by atoms with E-state index >= 15 is 0 Å². The number of carbonyl (C=O) groups excluding carboxylic acids is 1. The minimum absolute atomic E-state index is 0.108. The number of ether oxygens (including phenoxy) is 1. The molecule has 2 saturated carbocycles. The molecule has 1 aliphatic heterocycles. The Balaban J connectivity index is 1.65. The van der Waals surface area contributed by atoms with Crippen LogP contribution in [0.2, 0.25) is 0 Å². The lowest BCUT2D eigenvalue weighted by atomic mass is 9.81. The van der Waals surface area contributed by atoms with Crippen LogP contribution >= 0.6 is 0 Å². The van der Waals surface area contributed by atoms with E-state index in [9.17, 15) is 4.79 Å². The molecule has 0 aromatic heterocycles. The standard InChI is InChI=1S/C14H22O2/c1-10-8-12(10)13(15)11-4-7-16-14(9-11)5-2-3-6-14/h10-12H,2-9H2,1H3. The van der Waals surface area contributed by atoms with Crippen LogP contribution in [0, 0.1) is 17.8 Å². The van der Waals surface area contributed by atoms with Crippen LogP contribution in [0.3, 0.4) is 0 Å². The van der Waals surface area contributed by atoms with E-state index in [2.05, 4.69) is 6.92 Å². The largest absolute Gasteiger partial charge is 0.375 e. The van der Waals surface area contributed by atoms with Gasteiger partial charge in [0, 0.05) is 18.4 Å². The molecule has 16 heavy (non-hydrogen) atoms. The summed E-state index contributed by atoms with van der Waals surface area (Å²) < 4.78 is 5.98. The fraction of sp³-hybridized carbons (Fsp3) is 0.929. The maximum Gasteiger partial charge on any atom is 0.139 e. The Bertz CT molecular complexity index is 291. The molecule has 3 atom stereocenters. The van der Waals surface area contributed by atoms with Crippen molar-refractivity contribution in [3.05, 3.63) is 0 Å². The van der Waals surface area contributed by atoms with Crippen molar-refractivity contribution in [2.24, 2.45) is 17.8 Å². The Morgan fingerprint density at radius 2 is 2.00 bits per heavy atom. The predicted molar refractivity (Wildman–Crippen MR) is 62.2 cm³/mol. The summed E-state index contributed by atoms with van der Waals surface area (Å²) in [7, 11) is 0. The van der Waals surface area contributed by atoms with Crippen molar-refractivity contribution in [1.82, 2.24) is 0 Å². The quantitative estimate of drug-likeness (QED) is 0.718. The lowest BCUT2D eigenvalue weighted by Crippen LogP contribution is -2.40. The van der Waals surface area contributed by atoms with Gasteiger partial charge in [-0.05, 0) is 38.0 Å². The first kappa shape index (κ1) is 10.8. The van der Waals surface area contributed by atoms with Crippen LogP contribution in [0.15, 0.2) is 0 Å². The monoisotopic (exact) mass is 222 g/mol. The molecular weight excluding hydrogens is 200 g/mol. The van der Waals surface area contributed by atoms with E-state index in [1.165, 1.54) is 25.7 Å². The molecule has 0 N–H and O–H groups in total. The highest BCUT2D eigenvalue weighted by molar-refractivity contribution is 5.86. The molecule has 0 aromatic rings. The second-order valence-corrected chi connectivity index (χ2v) is 6.15. The van der Waals surface area contributed by atoms with Gasteiger partial charge in [-0.2, -0.15) is 0 Å². The fourth-order valence-corrected chi connectivity index (χ4v) is 3.66. The smallest absolute Gasteiger partial charge is 0.139 e. The second kappa shape index (κ2) is 3.83. The molecule has 2 heteroatoms. The molecule has 0 amide bonds. The highest BCUT2D eigenvalue weighted by Crippen LogP contribution is 2.46. The van der Waals surface area contributed by atoms with E-state index in [0.29, 0.717) is 23.5 Å².